The van der Waals surface area contributed by atoms with Gasteiger partial charge in [-0.15, -0.1) is 0 Å². The van der Waals surface area contributed by atoms with E-state index in [-0.39, 0.29) is 0 Å². The Morgan fingerprint density at radius 1 is 1.46 bits per heavy atom. The van der Waals surface area contributed by atoms with Gasteiger partial charge >= 0.3 is 5.97 Å². The van der Waals surface area contributed by atoms with E-state index in [1.807, 2.05) is 31.2 Å². The molecule has 0 spiro atoms. The van der Waals surface area contributed by atoms with Gasteiger partial charge in [0.05, 0.1) is 5.69 Å². The van der Waals surface area contributed by atoms with Crippen molar-refractivity contribution in [1.29, 1.82) is 0 Å². The van der Waals surface area contributed by atoms with E-state index < -0.39 is 5.97 Å². The quantitative estimate of drug-likeness (QED) is 0.544. The van der Waals surface area contributed by atoms with E-state index in [0.717, 1.165) is 17.5 Å². The first-order valence-corrected chi connectivity index (χ1v) is 3.77. The lowest BCUT2D eigenvalue weighted by Crippen LogP contribution is -1.98. The number of anilines is 1. The number of hydrogen-bond acceptors (Lipinski definition) is 3. The number of carbonyl (C=O) groups is 1. The number of nitrogens with zero attached hydrogens (tertiary/aromatic N) is 1. The molecule has 0 aliphatic heterocycles. The molecule has 0 aromatic heterocycles. The van der Waals surface area contributed by atoms with Gasteiger partial charge in [0, 0.05) is 0 Å². The fourth-order valence-electron chi connectivity index (χ4n) is 0.790. The molecule has 1 rings (SSSR count). The molecule has 0 aliphatic rings. The van der Waals surface area contributed by atoms with Crippen LogP contribution < -0.4 is 5.43 Å². The van der Waals surface area contributed by atoms with Gasteiger partial charge in [-0.3, -0.25) is 5.43 Å². The molecule has 1 aromatic carbocycles. The number of rotatable bonds is 3. The van der Waals surface area contributed by atoms with Crippen molar-refractivity contribution in [2.45, 2.75) is 6.92 Å². The third kappa shape index (κ3) is 3.37. The maximum Gasteiger partial charge on any atom is 0.348 e. The topological polar surface area (TPSA) is 61.7 Å². The van der Waals surface area contributed by atoms with Gasteiger partial charge in [0.1, 0.15) is 6.21 Å². The fourth-order valence-corrected chi connectivity index (χ4v) is 0.790. The summed E-state index contributed by atoms with van der Waals surface area (Å²) in [6.07, 6.45) is 0.805. The summed E-state index contributed by atoms with van der Waals surface area (Å²) < 4.78 is 0. The van der Waals surface area contributed by atoms with E-state index in [1.54, 1.807) is 0 Å². The van der Waals surface area contributed by atoms with Crippen LogP contribution in [0, 0.1) is 6.92 Å². The smallest absolute Gasteiger partial charge is 0.348 e. The van der Waals surface area contributed by atoms with Crippen molar-refractivity contribution in [2.75, 3.05) is 5.43 Å². The zero-order chi connectivity index (χ0) is 9.68. The zero-order valence-corrected chi connectivity index (χ0v) is 7.19. The number of hydrazone groups is 1. The second kappa shape index (κ2) is 4.25. The summed E-state index contributed by atoms with van der Waals surface area (Å²) in [4.78, 5) is 10.1. The van der Waals surface area contributed by atoms with Crippen molar-refractivity contribution < 1.29 is 9.90 Å². The van der Waals surface area contributed by atoms with Gasteiger partial charge in [-0.2, -0.15) is 5.10 Å². The number of aryl methyl sites for hydroxylation is 1. The molecule has 4 heteroatoms. The number of nitrogens with one attached hydrogen (secondary N) is 1. The molecule has 4 nitrogen and oxygen atoms in total. The van der Waals surface area contributed by atoms with Gasteiger partial charge in [0.2, 0.25) is 0 Å². The highest BCUT2D eigenvalue weighted by Crippen LogP contribution is 2.07. The molecule has 0 atom stereocenters. The van der Waals surface area contributed by atoms with Gasteiger partial charge < -0.3 is 5.11 Å². The Balaban J connectivity index is 2.55. The Morgan fingerprint density at radius 2 is 2.08 bits per heavy atom. The molecular weight excluding hydrogens is 168 g/mol. The predicted octanol–water partition coefficient (Wildman–Crippen LogP) is 1.48. The highest BCUT2D eigenvalue weighted by molar-refractivity contribution is 6.22. The standard InChI is InChI=1S/C9H10N2O2/c1-7-2-4-8(5-3-7)11-10-6-9(12)13/h2-6,11H,1H3,(H,12,13). The van der Waals surface area contributed by atoms with Crippen LogP contribution in [-0.2, 0) is 4.79 Å². The lowest BCUT2D eigenvalue weighted by atomic mass is 10.2. The van der Waals surface area contributed by atoms with E-state index in [4.69, 9.17) is 5.11 Å². The normalized spacial score (nSPS) is 10.2. The Kier molecular flexibility index (Phi) is 3.03. The molecule has 0 saturated carbocycles. The Labute approximate surface area is 75.9 Å². The molecule has 13 heavy (non-hydrogen) atoms. The average Bonchev–Trinajstić information content (AvgIpc) is 2.08. The Hall–Kier alpha value is -1.84. The van der Waals surface area contributed by atoms with Gasteiger partial charge in [0.25, 0.3) is 0 Å². The van der Waals surface area contributed by atoms with Crippen LogP contribution in [-0.4, -0.2) is 17.3 Å². The summed E-state index contributed by atoms with van der Waals surface area (Å²) in [5, 5.41) is 11.7. The van der Waals surface area contributed by atoms with E-state index in [2.05, 4.69) is 10.5 Å². The van der Waals surface area contributed by atoms with E-state index in [9.17, 15) is 4.79 Å². The van der Waals surface area contributed by atoms with Crippen molar-refractivity contribution >= 4 is 17.9 Å². The molecule has 2 N–H and O–H groups in total. The van der Waals surface area contributed by atoms with Gasteiger partial charge in [0.15, 0.2) is 0 Å². The summed E-state index contributed by atoms with van der Waals surface area (Å²) in [6.45, 7) is 1.98. The van der Waals surface area contributed by atoms with Crippen LogP contribution in [0.3, 0.4) is 0 Å². The number of benzene rings is 1. The van der Waals surface area contributed by atoms with Crippen molar-refractivity contribution in [1.82, 2.24) is 0 Å². The largest absolute Gasteiger partial charge is 0.477 e. The monoisotopic (exact) mass is 178 g/mol. The van der Waals surface area contributed by atoms with Gasteiger partial charge in [-0.25, -0.2) is 4.79 Å². The molecule has 0 unspecified atom stereocenters. The molecule has 0 amide bonds. The molecule has 1 aromatic rings. The molecule has 0 aliphatic carbocycles. The molecule has 0 heterocycles. The molecule has 0 saturated heterocycles. The molecular formula is C9H10N2O2. The third-order valence-electron chi connectivity index (χ3n) is 1.42. The minimum Gasteiger partial charge on any atom is -0.477 e. The van der Waals surface area contributed by atoms with Crippen LogP contribution in [0.15, 0.2) is 29.4 Å². The van der Waals surface area contributed by atoms with Crippen LogP contribution in [0.1, 0.15) is 5.56 Å². The maximum absolute atomic E-state index is 10.1. The molecule has 68 valence electrons. The second-order valence-corrected chi connectivity index (χ2v) is 2.57. The number of carboxylic acids is 1. The average molecular weight is 178 g/mol. The summed E-state index contributed by atoms with van der Waals surface area (Å²) in [5.74, 6) is -1.07. The SMILES string of the molecule is Cc1ccc(NN=CC(=O)O)cc1. The van der Waals surface area contributed by atoms with Crippen molar-refractivity contribution in [2.24, 2.45) is 5.10 Å². The minimum atomic E-state index is -1.07. The molecule has 0 fully saturated rings. The first-order chi connectivity index (χ1) is 6.18. The highest BCUT2D eigenvalue weighted by Gasteiger charge is 1.89. The van der Waals surface area contributed by atoms with Crippen LogP contribution in [0.2, 0.25) is 0 Å². The molecule has 0 radical (unpaired) electrons. The van der Waals surface area contributed by atoms with Crippen LogP contribution in [0.4, 0.5) is 5.69 Å². The number of hydrogen-bond donors (Lipinski definition) is 2. The first kappa shape index (κ1) is 9.25. The molecule has 0 bridgehead atoms. The van der Waals surface area contributed by atoms with Crippen molar-refractivity contribution in [3.8, 4) is 0 Å². The van der Waals surface area contributed by atoms with E-state index in [1.165, 1.54) is 0 Å². The Bertz CT molecular complexity index is 317. The summed E-state index contributed by atoms with van der Waals surface area (Å²) in [5.41, 5.74) is 4.50. The Morgan fingerprint density at radius 3 is 2.62 bits per heavy atom. The van der Waals surface area contributed by atoms with Crippen molar-refractivity contribution in [3.63, 3.8) is 0 Å². The summed E-state index contributed by atoms with van der Waals surface area (Å²) >= 11 is 0. The van der Waals surface area contributed by atoms with Crippen LogP contribution >= 0.6 is 0 Å². The first-order valence-electron chi connectivity index (χ1n) is 3.77. The lowest BCUT2D eigenvalue weighted by molar-refractivity contribution is -0.128. The highest BCUT2D eigenvalue weighted by atomic mass is 16.4. The van der Waals surface area contributed by atoms with E-state index in [0.29, 0.717) is 0 Å². The second-order valence-electron chi connectivity index (χ2n) is 2.57. The summed E-state index contributed by atoms with van der Waals surface area (Å²) in [6, 6.07) is 7.49. The van der Waals surface area contributed by atoms with Crippen molar-refractivity contribution in [3.05, 3.63) is 29.8 Å². The maximum atomic E-state index is 10.1. The van der Waals surface area contributed by atoms with E-state index >= 15 is 0 Å². The lowest BCUT2D eigenvalue weighted by Gasteiger charge is -1.98. The number of aliphatic carboxylic acids is 1. The third-order valence-corrected chi connectivity index (χ3v) is 1.42. The zero-order valence-electron chi connectivity index (χ0n) is 7.19. The van der Waals surface area contributed by atoms with Crippen LogP contribution in [0.5, 0.6) is 0 Å². The van der Waals surface area contributed by atoms with Crippen LogP contribution in [0.25, 0.3) is 0 Å². The van der Waals surface area contributed by atoms with Gasteiger partial charge in [-0.05, 0) is 19.1 Å². The number of carboxylic acid groups (broad SMARTS) is 1. The van der Waals surface area contributed by atoms with Gasteiger partial charge in [-0.1, -0.05) is 17.7 Å². The summed E-state index contributed by atoms with van der Waals surface area (Å²) in [7, 11) is 0. The predicted molar refractivity (Wildman–Crippen MR) is 50.9 cm³/mol. The fraction of sp³-hybridized carbons (Fsp3) is 0.111. The minimum absolute atomic E-state index is 0.767.